The summed E-state index contributed by atoms with van der Waals surface area (Å²) in [6.45, 7) is 3.24. The Kier molecular flexibility index (Phi) is 7.46. The molecule has 1 amide bonds. The number of anilines is 1. The van der Waals surface area contributed by atoms with Gasteiger partial charge in [0.1, 0.15) is 0 Å². The first-order valence-electron chi connectivity index (χ1n) is 9.69. The highest BCUT2D eigenvalue weighted by molar-refractivity contribution is 7.89. The molecule has 2 aromatic rings. The van der Waals surface area contributed by atoms with Gasteiger partial charge in [0.05, 0.1) is 11.3 Å². The van der Waals surface area contributed by atoms with Gasteiger partial charge in [-0.1, -0.05) is 30.7 Å². The number of nitrogens with zero attached hydrogens (tertiary/aromatic N) is 1. The fourth-order valence-electron chi connectivity index (χ4n) is 3.21. The number of hydrogen-bond acceptors (Lipinski definition) is 4. The molecular weight excluding hydrogens is 442 g/mol. The maximum atomic E-state index is 12.8. The summed E-state index contributed by atoms with van der Waals surface area (Å²) in [6.07, 6.45) is 1.93. The van der Waals surface area contributed by atoms with Gasteiger partial charge in [-0.25, -0.2) is 8.42 Å². The lowest BCUT2D eigenvalue weighted by Crippen LogP contribution is -2.37. The number of nitrogens with one attached hydrogen (secondary N) is 2. The van der Waals surface area contributed by atoms with Crippen LogP contribution >= 0.6 is 23.8 Å². The third kappa shape index (κ3) is 6.01. The molecule has 0 spiro atoms. The fourth-order valence-corrected chi connectivity index (χ4v) is 5.03. The second-order valence-corrected chi connectivity index (χ2v) is 10.2. The van der Waals surface area contributed by atoms with Gasteiger partial charge in [-0.15, -0.1) is 0 Å². The van der Waals surface area contributed by atoms with Crippen LogP contribution in [0.2, 0.25) is 5.02 Å². The Labute approximate surface area is 187 Å². The lowest BCUT2D eigenvalue weighted by atomic mass is 10.0. The van der Waals surface area contributed by atoms with Crippen LogP contribution < -0.4 is 10.6 Å². The Morgan fingerprint density at radius 3 is 2.30 bits per heavy atom. The number of thiocarbonyl (C=S) groups is 1. The van der Waals surface area contributed by atoms with Crippen molar-refractivity contribution in [1.29, 1.82) is 0 Å². The summed E-state index contributed by atoms with van der Waals surface area (Å²) in [5.74, 6) is 0.298. The highest BCUT2D eigenvalue weighted by atomic mass is 35.5. The van der Waals surface area contributed by atoms with E-state index in [-0.39, 0.29) is 22.3 Å². The topological polar surface area (TPSA) is 78.5 Å². The minimum Gasteiger partial charge on any atom is -0.332 e. The number of carbonyl (C=O) groups is 1. The standard InChI is InChI=1S/C21H24ClN3O3S2/c1-15-10-12-25(13-11-15)30(27,28)19-8-6-18(7-9-19)23-21(29)24-20(26)14-16-2-4-17(22)5-3-16/h2-9,15H,10-14H2,1H3,(H2,23,24,26,29). The number of rotatable bonds is 5. The van der Waals surface area contributed by atoms with E-state index in [2.05, 4.69) is 17.6 Å². The molecule has 3 rings (SSSR count). The second kappa shape index (κ2) is 9.87. The molecule has 9 heteroatoms. The molecule has 0 aromatic heterocycles. The van der Waals surface area contributed by atoms with Crippen LogP contribution in [0, 0.1) is 5.92 Å². The number of halogens is 1. The van der Waals surface area contributed by atoms with Crippen LogP contribution in [0.25, 0.3) is 0 Å². The lowest BCUT2D eigenvalue weighted by Gasteiger charge is -2.29. The molecule has 0 bridgehead atoms. The van der Waals surface area contributed by atoms with Gasteiger partial charge in [-0.3, -0.25) is 4.79 Å². The molecule has 1 aliphatic rings. The highest BCUT2D eigenvalue weighted by Crippen LogP contribution is 2.24. The molecular formula is C21H24ClN3O3S2. The molecule has 0 unspecified atom stereocenters. The normalized spacial score (nSPS) is 15.5. The Balaban J connectivity index is 1.55. The lowest BCUT2D eigenvalue weighted by molar-refractivity contribution is -0.119. The number of carbonyl (C=O) groups excluding carboxylic acids is 1. The number of sulfonamides is 1. The third-order valence-electron chi connectivity index (χ3n) is 5.02. The molecule has 160 valence electrons. The largest absolute Gasteiger partial charge is 0.332 e. The van der Waals surface area contributed by atoms with Gasteiger partial charge in [-0.05, 0) is 72.9 Å². The van der Waals surface area contributed by atoms with Gasteiger partial charge in [0.15, 0.2) is 5.11 Å². The summed E-state index contributed by atoms with van der Waals surface area (Å²) in [5.41, 5.74) is 1.42. The minimum atomic E-state index is -3.49. The Morgan fingerprint density at radius 2 is 1.70 bits per heavy atom. The van der Waals surface area contributed by atoms with Gasteiger partial charge >= 0.3 is 0 Å². The number of amides is 1. The molecule has 1 fully saturated rings. The van der Waals surface area contributed by atoms with Crippen molar-refractivity contribution in [3.63, 3.8) is 0 Å². The maximum Gasteiger partial charge on any atom is 0.243 e. The zero-order chi connectivity index (χ0) is 21.7. The quantitative estimate of drug-likeness (QED) is 0.656. The van der Waals surface area contributed by atoms with Crippen molar-refractivity contribution in [1.82, 2.24) is 9.62 Å². The van der Waals surface area contributed by atoms with E-state index in [4.69, 9.17) is 23.8 Å². The van der Waals surface area contributed by atoms with Crippen molar-refractivity contribution in [3.05, 3.63) is 59.1 Å². The maximum absolute atomic E-state index is 12.8. The van der Waals surface area contributed by atoms with E-state index in [1.165, 1.54) is 4.31 Å². The van der Waals surface area contributed by atoms with Gasteiger partial charge in [0.2, 0.25) is 15.9 Å². The number of benzene rings is 2. The van der Waals surface area contributed by atoms with Crippen LogP contribution in [-0.4, -0.2) is 36.8 Å². The van der Waals surface area contributed by atoms with E-state index >= 15 is 0 Å². The van der Waals surface area contributed by atoms with Crippen LogP contribution in [-0.2, 0) is 21.2 Å². The van der Waals surface area contributed by atoms with E-state index in [9.17, 15) is 13.2 Å². The molecule has 1 saturated heterocycles. The Morgan fingerprint density at radius 1 is 1.10 bits per heavy atom. The summed E-state index contributed by atoms with van der Waals surface area (Å²) < 4.78 is 27.1. The van der Waals surface area contributed by atoms with E-state index in [0.29, 0.717) is 29.7 Å². The highest BCUT2D eigenvalue weighted by Gasteiger charge is 2.27. The predicted octanol–water partition coefficient (Wildman–Crippen LogP) is 3.82. The molecule has 1 heterocycles. The van der Waals surface area contributed by atoms with Crippen molar-refractivity contribution in [2.75, 3.05) is 18.4 Å². The summed E-state index contributed by atoms with van der Waals surface area (Å²) in [5, 5.41) is 6.27. The van der Waals surface area contributed by atoms with Crippen molar-refractivity contribution < 1.29 is 13.2 Å². The van der Waals surface area contributed by atoms with Crippen LogP contribution in [0.3, 0.4) is 0 Å². The first-order valence-corrected chi connectivity index (χ1v) is 11.9. The average molecular weight is 466 g/mol. The molecule has 0 aliphatic carbocycles. The summed E-state index contributed by atoms with van der Waals surface area (Å²) in [4.78, 5) is 12.4. The Hall–Kier alpha value is -2.00. The monoisotopic (exact) mass is 465 g/mol. The predicted molar refractivity (Wildman–Crippen MR) is 123 cm³/mol. The summed E-state index contributed by atoms with van der Waals surface area (Å²) >= 11 is 11.0. The zero-order valence-electron chi connectivity index (χ0n) is 16.6. The fraction of sp³-hybridized carbons (Fsp3) is 0.333. The molecule has 30 heavy (non-hydrogen) atoms. The molecule has 0 saturated carbocycles. The van der Waals surface area contributed by atoms with Crippen molar-refractivity contribution >= 4 is 50.5 Å². The van der Waals surface area contributed by atoms with Crippen LogP contribution in [0.4, 0.5) is 5.69 Å². The van der Waals surface area contributed by atoms with E-state index in [1.54, 1.807) is 48.5 Å². The summed E-state index contributed by atoms with van der Waals surface area (Å²) in [7, 11) is -3.49. The molecule has 2 aromatic carbocycles. The SMILES string of the molecule is CC1CCN(S(=O)(=O)c2ccc(NC(=S)NC(=O)Cc3ccc(Cl)cc3)cc2)CC1. The van der Waals surface area contributed by atoms with Crippen molar-refractivity contribution in [2.45, 2.75) is 31.1 Å². The minimum absolute atomic E-state index is 0.148. The molecule has 0 radical (unpaired) electrons. The Bertz CT molecular complexity index is 1000. The van der Waals surface area contributed by atoms with Crippen molar-refractivity contribution in [2.24, 2.45) is 5.92 Å². The molecule has 1 aliphatic heterocycles. The smallest absolute Gasteiger partial charge is 0.243 e. The zero-order valence-corrected chi connectivity index (χ0v) is 19.0. The van der Waals surface area contributed by atoms with E-state index in [1.807, 2.05) is 0 Å². The van der Waals surface area contributed by atoms with Gasteiger partial charge in [0.25, 0.3) is 0 Å². The number of hydrogen-bond donors (Lipinski definition) is 2. The van der Waals surface area contributed by atoms with E-state index in [0.717, 1.165) is 18.4 Å². The van der Waals surface area contributed by atoms with Gasteiger partial charge < -0.3 is 10.6 Å². The van der Waals surface area contributed by atoms with E-state index < -0.39 is 10.0 Å². The van der Waals surface area contributed by atoms with Crippen molar-refractivity contribution in [3.8, 4) is 0 Å². The molecule has 0 atom stereocenters. The molecule has 6 nitrogen and oxygen atoms in total. The van der Waals surface area contributed by atoms with Crippen LogP contribution in [0.5, 0.6) is 0 Å². The van der Waals surface area contributed by atoms with Gasteiger partial charge in [0, 0.05) is 23.8 Å². The van der Waals surface area contributed by atoms with Gasteiger partial charge in [-0.2, -0.15) is 4.31 Å². The average Bonchev–Trinajstić information content (AvgIpc) is 2.70. The third-order valence-corrected chi connectivity index (χ3v) is 7.39. The van der Waals surface area contributed by atoms with Crippen LogP contribution in [0.1, 0.15) is 25.3 Å². The van der Waals surface area contributed by atoms with Crippen LogP contribution in [0.15, 0.2) is 53.4 Å². The molecule has 2 N–H and O–H groups in total. The summed E-state index contributed by atoms with van der Waals surface area (Å²) in [6, 6.07) is 13.4. The second-order valence-electron chi connectivity index (χ2n) is 7.42. The number of piperidine rings is 1. The first kappa shape index (κ1) is 22.7. The first-order chi connectivity index (χ1) is 14.2.